The predicted molar refractivity (Wildman–Crippen MR) is 64.9 cm³/mol. The van der Waals surface area contributed by atoms with Gasteiger partial charge in [-0.15, -0.1) is 0 Å². The number of nitrogens with two attached hydrogens (primary N) is 1. The Hall–Kier alpha value is -1.95. The molecule has 1 aromatic carbocycles. The quantitative estimate of drug-likeness (QED) is 0.744. The molecule has 1 rings (SSSR count). The molecule has 1 amide bonds. The average Bonchev–Trinajstić information content (AvgIpc) is 2.31. The number of benzene rings is 1. The van der Waals surface area contributed by atoms with Crippen LogP contribution >= 0.6 is 0 Å². The maximum Gasteiger partial charge on any atom is 0.338 e. The van der Waals surface area contributed by atoms with Crippen LogP contribution in [0.5, 0.6) is 0 Å². The zero-order chi connectivity index (χ0) is 13.7. The second-order valence-electron chi connectivity index (χ2n) is 3.88. The molecule has 0 aromatic heterocycles. The third kappa shape index (κ3) is 3.53. The van der Waals surface area contributed by atoms with Gasteiger partial charge in [0.1, 0.15) is 5.82 Å². The van der Waals surface area contributed by atoms with Crippen LogP contribution in [0.25, 0.3) is 0 Å². The SMILES string of the molecule is CCC[C@@H](N)C(=O)Nc1ccc(F)c(C(=O)O)c1. The van der Waals surface area contributed by atoms with E-state index in [1.54, 1.807) is 0 Å². The number of amides is 1. The highest BCUT2D eigenvalue weighted by atomic mass is 19.1. The second kappa shape index (κ2) is 6.11. The van der Waals surface area contributed by atoms with Gasteiger partial charge in [0.15, 0.2) is 0 Å². The van der Waals surface area contributed by atoms with Gasteiger partial charge < -0.3 is 16.2 Å². The predicted octanol–water partition coefficient (Wildman–Crippen LogP) is 1.59. The van der Waals surface area contributed by atoms with Gasteiger partial charge in [0.2, 0.25) is 5.91 Å². The lowest BCUT2D eigenvalue weighted by atomic mass is 10.1. The molecule has 0 heterocycles. The van der Waals surface area contributed by atoms with E-state index in [2.05, 4.69) is 5.32 Å². The van der Waals surface area contributed by atoms with Crippen LogP contribution in [0.15, 0.2) is 18.2 Å². The number of halogens is 1. The molecule has 18 heavy (non-hydrogen) atoms. The van der Waals surface area contributed by atoms with Crippen LogP contribution in [0.4, 0.5) is 10.1 Å². The van der Waals surface area contributed by atoms with Gasteiger partial charge in [-0.2, -0.15) is 0 Å². The number of carbonyl (C=O) groups excluding carboxylic acids is 1. The number of nitrogens with one attached hydrogen (secondary N) is 1. The summed E-state index contributed by atoms with van der Waals surface area (Å²) in [6, 6.07) is 2.69. The Morgan fingerprint density at radius 3 is 2.72 bits per heavy atom. The Morgan fingerprint density at radius 2 is 2.17 bits per heavy atom. The normalized spacial score (nSPS) is 11.9. The average molecular weight is 254 g/mol. The summed E-state index contributed by atoms with van der Waals surface area (Å²) in [6.07, 6.45) is 1.29. The summed E-state index contributed by atoms with van der Waals surface area (Å²) in [6.45, 7) is 1.90. The highest BCUT2D eigenvalue weighted by Gasteiger charge is 2.15. The van der Waals surface area contributed by atoms with Crippen LogP contribution < -0.4 is 11.1 Å². The lowest BCUT2D eigenvalue weighted by molar-refractivity contribution is -0.117. The van der Waals surface area contributed by atoms with E-state index in [0.29, 0.717) is 6.42 Å². The Labute approximate surface area is 104 Å². The fourth-order valence-electron chi connectivity index (χ4n) is 1.44. The van der Waals surface area contributed by atoms with Crippen molar-refractivity contribution >= 4 is 17.6 Å². The van der Waals surface area contributed by atoms with E-state index >= 15 is 0 Å². The van der Waals surface area contributed by atoms with E-state index in [0.717, 1.165) is 18.6 Å². The van der Waals surface area contributed by atoms with Gasteiger partial charge in [0.05, 0.1) is 11.6 Å². The van der Waals surface area contributed by atoms with Gasteiger partial charge in [-0.3, -0.25) is 4.79 Å². The number of rotatable bonds is 5. The van der Waals surface area contributed by atoms with Crippen molar-refractivity contribution in [1.82, 2.24) is 0 Å². The number of anilines is 1. The number of hydrogen-bond acceptors (Lipinski definition) is 3. The van der Waals surface area contributed by atoms with E-state index in [-0.39, 0.29) is 5.69 Å². The summed E-state index contributed by atoms with van der Waals surface area (Å²) < 4.78 is 13.1. The molecule has 6 heteroatoms. The molecule has 0 aliphatic rings. The van der Waals surface area contributed by atoms with Crippen LogP contribution in [0.3, 0.4) is 0 Å². The lowest BCUT2D eigenvalue weighted by Gasteiger charge is -2.11. The van der Waals surface area contributed by atoms with E-state index in [4.69, 9.17) is 10.8 Å². The summed E-state index contributed by atoms with van der Waals surface area (Å²) in [5.41, 5.74) is 5.33. The first-order chi connectivity index (χ1) is 8.45. The first kappa shape index (κ1) is 14.1. The summed E-state index contributed by atoms with van der Waals surface area (Å²) in [4.78, 5) is 22.3. The van der Waals surface area contributed by atoms with Gasteiger partial charge >= 0.3 is 5.97 Å². The van der Waals surface area contributed by atoms with Crippen molar-refractivity contribution in [3.05, 3.63) is 29.6 Å². The van der Waals surface area contributed by atoms with E-state index in [9.17, 15) is 14.0 Å². The zero-order valence-electron chi connectivity index (χ0n) is 9.94. The molecule has 5 nitrogen and oxygen atoms in total. The van der Waals surface area contributed by atoms with Crippen LogP contribution in [0.1, 0.15) is 30.1 Å². The van der Waals surface area contributed by atoms with Crippen molar-refractivity contribution in [2.45, 2.75) is 25.8 Å². The van der Waals surface area contributed by atoms with Gasteiger partial charge in [0.25, 0.3) is 0 Å². The maximum atomic E-state index is 13.1. The van der Waals surface area contributed by atoms with Crippen molar-refractivity contribution in [2.75, 3.05) is 5.32 Å². The highest BCUT2D eigenvalue weighted by Crippen LogP contribution is 2.15. The molecule has 0 aliphatic heterocycles. The van der Waals surface area contributed by atoms with Crippen LogP contribution in [-0.2, 0) is 4.79 Å². The molecular formula is C12H15FN2O3. The molecule has 0 unspecified atom stereocenters. The molecule has 1 aromatic rings. The van der Waals surface area contributed by atoms with E-state index in [1.807, 2.05) is 6.92 Å². The topological polar surface area (TPSA) is 92.4 Å². The summed E-state index contributed by atoms with van der Waals surface area (Å²) in [7, 11) is 0. The van der Waals surface area contributed by atoms with Crippen molar-refractivity contribution in [3.8, 4) is 0 Å². The molecule has 0 fully saturated rings. The summed E-state index contributed by atoms with van der Waals surface area (Å²) in [5.74, 6) is -2.65. The van der Waals surface area contributed by atoms with Crippen molar-refractivity contribution in [3.63, 3.8) is 0 Å². The van der Waals surface area contributed by atoms with Crippen LogP contribution in [0.2, 0.25) is 0 Å². The second-order valence-corrected chi connectivity index (χ2v) is 3.88. The van der Waals surface area contributed by atoms with Crippen molar-refractivity contribution in [2.24, 2.45) is 5.73 Å². The minimum absolute atomic E-state index is 0.213. The summed E-state index contributed by atoms with van der Waals surface area (Å²) in [5, 5.41) is 11.2. The Balaban J connectivity index is 2.82. The molecule has 4 N–H and O–H groups in total. The molecule has 0 spiro atoms. The van der Waals surface area contributed by atoms with Gasteiger partial charge in [-0.25, -0.2) is 9.18 Å². The van der Waals surface area contributed by atoms with Gasteiger partial charge in [0, 0.05) is 5.69 Å². The minimum atomic E-state index is -1.39. The highest BCUT2D eigenvalue weighted by molar-refractivity contribution is 5.96. The third-order valence-electron chi connectivity index (χ3n) is 2.40. The van der Waals surface area contributed by atoms with Gasteiger partial charge in [-0.05, 0) is 24.6 Å². The molecule has 1 atom stereocenters. The third-order valence-corrected chi connectivity index (χ3v) is 2.40. The smallest absolute Gasteiger partial charge is 0.338 e. The monoisotopic (exact) mass is 254 g/mol. The molecule has 98 valence electrons. The molecule has 0 saturated heterocycles. The Bertz CT molecular complexity index is 463. The van der Waals surface area contributed by atoms with Crippen LogP contribution in [-0.4, -0.2) is 23.0 Å². The number of hydrogen-bond donors (Lipinski definition) is 3. The first-order valence-corrected chi connectivity index (χ1v) is 5.55. The molecular weight excluding hydrogens is 239 g/mol. The molecule has 0 radical (unpaired) electrons. The number of aromatic carboxylic acids is 1. The fourth-order valence-corrected chi connectivity index (χ4v) is 1.44. The maximum absolute atomic E-state index is 13.1. The minimum Gasteiger partial charge on any atom is -0.478 e. The number of carboxylic acids is 1. The number of carboxylic acid groups (broad SMARTS) is 1. The van der Waals surface area contributed by atoms with Crippen molar-refractivity contribution in [1.29, 1.82) is 0 Å². The Morgan fingerprint density at radius 1 is 1.50 bits per heavy atom. The Kier molecular flexibility index (Phi) is 4.79. The summed E-state index contributed by atoms with van der Waals surface area (Å²) >= 11 is 0. The molecule has 0 aliphatic carbocycles. The lowest BCUT2D eigenvalue weighted by Crippen LogP contribution is -2.35. The van der Waals surface area contributed by atoms with Crippen LogP contribution in [0, 0.1) is 5.82 Å². The molecule has 0 bridgehead atoms. The van der Waals surface area contributed by atoms with E-state index < -0.39 is 29.3 Å². The standard InChI is InChI=1S/C12H15FN2O3/c1-2-3-10(14)11(16)15-7-4-5-9(13)8(6-7)12(17)18/h4-6,10H,2-3,14H2,1H3,(H,15,16)(H,17,18)/t10-/m1/s1. The largest absolute Gasteiger partial charge is 0.478 e. The van der Waals surface area contributed by atoms with E-state index in [1.165, 1.54) is 6.07 Å². The zero-order valence-corrected chi connectivity index (χ0v) is 9.94. The van der Waals surface area contributed by atoms with Crippen molar-refractivity contribution < 1.29 is 19.1 Å². The first-order valence-electron chi connectivity index (χ1n) is 5.55. The fraction of sp³-hybridized carbons (Fsp3) is 0.333. The number of carbonyl (C=O) groups is 2. The van der Waals surface area contributed by atoms with Gasteiger partial charge in [-0.1, -0.05) is 13.3 Å². The molecule has 0 saturated carbocycles.